The van der Waals surface area contributed by atoms with Crippen LogP contribution in [0.3, 0.4) is 0 Å². The number of carbonyl (C=O) groups excluding carboxylic acids is 1. The predicted molar refractivity (Wildman–Crippen MR) is 103 cm³/mol. The quantitative estimate of drug-likeness (QED) is 0.817. The third-order valence-electron chi connectivity index (χ3n) is 4.50. The van der Waals surface area contributed by atoms with Gasteiger partial charge in [0.15, 0.2) is 0 Å². The summed E-state index contributed by atoms with van der Waals surface area (Å²) < 4.78 is 12.7. The van der Waals surface area contributed by atoms with Gasteiger partial charge in [-0.05, 0) is 71.0 Å². The van der Waals surface area contributed by atoms with E-state index in [0.29, 0.717) is 12.3 Å². The molecule has 0 saturated carbocycles. The fraction of sp³-hybridized carbons (Fsp3) is 0.524. The molecule has 5 nitrogen and oxygen atoms in total. The Morgan fingerprint density at radius 1 is 1.15 bits per heavy atom. The van der Waals surface area contributed by atoms with Gasteiger partial charge in [-0.2, -0.15) is 0 Å². The molecular weight excluding hydrogens is 328 g/mol. The Kier molecular flexibility index (Phi) is 5.56. The van der Waals surface area contributed by atoms with E-state index in [4.69, 9.17) is 16.4 Å². The van der Waals surface area contributed by atoms with Crippen molar-refractivity contribution in [1.29, 1.82) is 0 Å². The summed E-state index contributed by atoms with van der Waals surface area (Å²) in [7, 11) is 0. The maximum absolute atomic E-state index is 12.4. The first-order valence-corrected chi connectivity index (χ1v) is 9.33. The number of carbonyl (C=O) groups is 1. The fourth-order valence-electron chi connectivity index (χ4n) is 3.29. The van der Waals surface area contributed by atoms with Gasteiger partial charge in [0.05, 0.1) is 5.52 Å². The number of rotatable bonds is 4. The fourth-order valence-corrected chi connectivity index (χ4v) is 3.29. The Bertz CT molecular complexity index is 767. The second-order valence-corrected chi connectivity index (χ2v) is 7.86. The molecule has 0 aliphatic carbocycles. The molecule has 0 N–H and O–H groups in total. The maximum atomic E-state index is 12.4. The van der Waals surface area contributed by atoms with Crippen LogP contribution in [-0.2, 0) is 4.74 Å². The van der Waals surface area contributed by atoms with E-state index in [1.807, 2.05) is 39.0 Å². The summed E-state index contributed by atoms with van der Waals surface area (Å²) in [5.74, 6) is 0.788. The van der Waals surface area contributed by atoms with Gasteiger partial charge in [0.1, 0.15) is 18.0 Å². The highest BCUT2D eigenvalue weighted by Gasteiger charge is 2.21. The third-order valence-corrected chi connectivity index (χ3v) is 4.50. The number of nitrogens with zero attached hydrogens (tertiary/aromatic N) is 2. The molecule has 2 aromatic rings. The molecule has 0 atom stereocenters. The second kappa shape index (κ2) is 7.70. The highest BCUT2D eigenvalue weighted by atomic mass is 16.6. The lowest BCUT2D eigenvalue weighted by molar-refractivity contribution is 0.0543. The van der Waals surface area contributed by atoms with Gasteiger partial charge in [0.2, 0.25) is 0 Å². The summed E-state index contributed by atoms with van der Waals surface area (Å²) in [5.41, 5.74) is 0.511. The van der Waals surface area contributed by atoms with Crippen molar-refractivity contribution in [1.82, 2.24) is 9.47 Å². The standard InChI is InChI=1S/C21H28N2O3/c1-16-14-17-15-18(25-13-12-22-10-6-5-7-11-22)8-9-19(17)23(16)20(24)26-21(2,3)4/h1,8-9,14-15H,5-7,10-13H2,2-4H3. The molecule has 0 unspecified atom stereocenters. The summed E-state index contributed by atoms with van der Waals surface area (Å²) in [6, 6.07) is 7.42. The molecule has 1 saturated heterocycles. The molecule has 5 heteroatoms. The zero-order valence-electron chi connectivity index (χ0n) is 16.0. The van der Waals surface area contributed by atoms with Crippen molar-refractivity contribution in [2.75, 3.05) is 26.2 Å². The Balaban J connectivity index is 1.68. The molecule has 2 heterocycles. The van der Waals surface area contributed by atoms with Crippen LogP contribution in [0.4, 0.5) is 4.79 Å². The van der Waals surface area contributed by atoms with E-state index in [1.165, 1.54) is 23.8 Å². The van der Waals surface area contributed by atoms with E-state index < -0.39 is 11.7 Å². The lowest BCUT2D eigenvalue weighted by Crippen LogP contribution is -2.33. The Morgan fingerprint density at radius 2 is 1.88 bits per heavy atom. The minimum atomic E-state index is -0.572. The Hall–Kier alpha value is -2.01. The van der Waals surface area contributed by atoms with Crippen LogP contribution in [0.5, 0.6) is 5.75 Å². The monoisotopic (exact) mass is 356 g/mol. The van der Waals surface area contributed by atoms with Crippen LogP contribution >= 0.6 is 0 Å². The van der Waals surface area contributed by atoms with Crippen LogP contribution in [0.25, 0.3) is 10.9 Å². The first kappa shape index (κ1) is 18.8. The van der Waals surface area contributed by atoms with Crippen molar-refractivity contribution in [3.63, 3.8) is 0 Å². The minimum absolute atomic E-state index is 0.361. The predicted octanol–water partition coefficient (Wildman–Crippen LogP) is 4.35. The molecule has 2 radical (unpaired) electrons. The zero-order chi connectivity index (χ0) is 18.7. The van der Waals surface area contributed by atoms with Gasteiger partial charge >= 0.3 is 6.09 Å². The van der Waals surface area contributed by atoms with E-state index in [2.05, 4.69) is 4.90 Å². The zero-order valence-corrected chi connectivity index (χ0v) is 16.0. The number of piperidine rings is 1. The number of hydrogen-bond donors (Lipinski definition) is 0. The van der Waals surface area contributed by atoms with E-state index in [0.717, 1.165) is 36.3 Å². The number of aromatic nitrogens is 1. The molecule has 0 bridgehead atoms. The highest BCUT2D eigenvalue weighted by molar-refractivity contribution is 5.92. The van der Waals surface area contributed by atoms with Crippen molar-refractivity contribution in [2.45, 2.75) is 45.6 Å². The average molecular weight is 356 g/mol. The molecule has 1 aliphatic heterocycles. The topological polar surface area (TPSA) is 43.7 Å². The van der Waals surface area contributed by atoms with Crippen molar-refractivity contribution in [3.05, 3.63) is 36.9 Å². The summed E-state index contributed by atoms with van der Waals surface area (Å²) in [4.78, 5) is 14.9. The molecule has 140 valence electrons. The molecule has 0 spiro atoms. The van der Waals surface area contributed by atoms with Crippen molar-refractivity contribution >= 4 is 17.0 Å². The van der Waals surface area contributed by atoms with Crippen molar-refractivity contribution in [2.24, 2.45) is 0 Å². The summed E-state index contributed by atoms with van der Waals surface area (Å²) in [5, 5.41) is 0.865. The highest BCUT2D eigenvalue weighted by Crippen LogP contribution is 2.25. The van der Waals surface area contributed by atoms with Crippen LogP contribution in [0.1, 0.15) is 45.7 Å². The lowest BCUT2D eigenvalue weighted by Gasteiger charge is -2.26. The normalized spacial score (nSPS) is 16.0. The maximum Gasteiger partial charge on any atom is 0.419 e. The van der Waals surface area contributed by atoms with Gasteiger partial charge in [0.25, 0.3) is 0 Å². The SMILES string of the molecule is [CH]c1cc2cc(OCCN3CCCCC3)ccc2n1C(=O)OC(C)(C)C. The van der Waals surface area contributed by atoms with Gasteiger partial charge in [-0.1, -0.05) is 6.42 Å². The molecule has 1 aliphatic rings. The van der Waals surface area contributed by atoms with E-state index in [1.54, 1.807) is 6.07 Å². The number of fused-ring (bicyclic) bond motifs is 1. The van der Waals surface area contributed by atoms with Gasteiger partial charge in [-0.25, -0.2) is 9.36 Å². The molecular formula is C21H28N2O3. The average Bonchev–Trinajstić information content (AvgIpc) is 2.89. The number of ether oxygens (including phenoxy) is 2. The molecule has 3 rings (SSSR count). The van der Waals surface area contributed by atoms with Gasteiger partial charge in [-0.3, -0.25) is 4.90 Å². The summed E-state index contributed by atoms with van der Waals surface area (Å²) in [6.07, 6.45) is 3.43. The molecule has 26 heavy (non-hydrogen) atoms. The molecule has 1 fully saturated rings. The Morgan fingerprint density at radius 3 is 2.58 bits per heavy atom. The number of likely N-dealkylation sites (tertiary alicyclic amines) is 1. The van der Waals surface area contributed by atoms with Crippen molar-refractivity contribution < 1.29 is 14.3 Å². The molecule has 0 amide bonds. The number of hydrogen-bond acceptors (Lipinski definition) is 4. The van der Waals surface area contributed by atoms with Crippen LogP contribution in [-0.4, -0.2) is 47.4 Å². The van der Waals surface area contributed by atoms with E-state index >= 15 is 0 Å². The minimum Gasteiger partial charge on any atom is -0.492 e. The van der Waals surface area contributed by atoms with Gasteiger partial charge < -0.3 is 9.47 Å². The van der Waals surface area contributed by atoms with Gasteiger partial charge in [-0.15, -0.1) is 0 Å². The van der Waals surface area contributed by atoms with Crippen LogP contribution < -0.4 is 4.74 Å². The van der Waals surface area contributed by atoms with Crippen LogP contribution in [0.15, 0.2) is 24.3 Å². The lowest BCUT2D eigenvalue weighted by atomic mass is 10.1. The van der Waals surface area contributed by atoms with Gasteiger partial charge in [0, 0.05) is 24.5 Å². The molecule has 1 aromatic carbocycles. The van der Waals surface area contributed by atoms with Crippen LogP contribution in [0, 0.1) is 6.92 Å². The smallest absolute Gasteiger partial charge is 0.419 e. The summed E-state index contributed by atoms with van der Waals surface area (Å²) in [6.45, 7) is 15.5. The first-order valence-electron chi connectivity index (χ1n) is 9.33. The Labute approximate surface area is 155 Å². The largest absolute Gasteiger partial charge is 0.492 e. The molecule has 1 aromatic heterocycles. The second-order valence-electron chi connectivity index (χ2n) is 7.86. The summed E-state index contributed by atoms with van der Waals surface area (Å²) >= 11 is 0. The van der Waals surface area contributed by atoms with Crippen molar-refractivity contribution in [3.8, 4) is 5.75 Å². The first-order chi connectivity index (χ1) is 12.3. The van der Waals surface area contributed by atoms with Crippen LogP contribution in [0.2, 0.25) is 0 Å². The van der Waals surface area contributed by atoms with E-state index in [-0.39, 0.29) is 0 Å². The van der Waals surface area contributed by atoms with E-state index in [9.17, 15) is 4.79 Å². The number of benzene rings is 1. The third kappa shape index (κ3) is 4.58.